The Labute approximate surface area is 292 Å². The lowest BCUT2D eigenvalue weighted by Crippen LogP contribution is -2.58. The molecule has 0 spiro atoms. The number of benzene rings is 2. The van der Waals surface area contributed by atoms with Crippen molar-refractivity contribution >= 4 is 18.0 Å². The van der Waals surface area contributed by atoms with Crippen molar-refractivity contribution in [3.63, 3.8) is 0 Å². The van der Waals surface area contributed by atoms with Crippen molar-refractivity contribution in [2.24, 2.45) is 5.92 Å². The van der Waals surface area contributed by atoms with Crippen LogP contribution in [-0.4, -0.2) is 75.0 Å². The van der Waals surface area contributed by atoms with Crippen LogP contribution in [0.25, 0.3) is 0 Å². The molecule has 14 nitrogen and oxygen atoms in total. The van der Waals surface area contributed by atoms with Crippen LogP contribution in [0.4, 0.5) is 9.59 Å². The predicted octanol–water partition coefficient (Wildman–Crippen LogP) is 4.38. The van der Waals surface area contributed by atoms with Gasteiger partial charge in [-0.25, -0.2) is 19.6 Å². The minimum atomic E-state index is -1.16. The summed E-state index contributed by atoms with van der Waals surface area (Å²) in [6, 6.07) is 18.3. The Hall–Kier alpha value is -5.21. The molecule has 0 radical (unpaired) electrons. The van der Waals surface area contributed by atoms with Crippen LogP contribution in [0.3, 0.4) is 0 Å². The molecule has 2 aromatic heterocycles. The summed E-state index contributed by atoms with van der Waals surface area (Å²) in [6.45, 7) is 7.82. The van der Waals surface area contributed by atoms with Gasteiger partial charge >= 0.3 is 12.1 Å². The average molecular weight is 690 g/mol. The van der Waals surface area contributed by atoms with Crippen LogP contribution in [-0.2, 0) is 35.6 Å². The lowest BCUT2D eigenvalue weighted by Gasteiger charge is -2.32. The number of hydrogen-bond acceptors (Lipinski definition) is 10. The standard InChI is InChI=1S/C36H47N7O7/c1-24(2)32(40-35(46)42(5)20-28-22-48-34(38-28)25(3)4)33(45)41-43(19-27-14-10-7-11-15-27)21-31(44)30(18-26-12-8-6-9-13-26)39-36(47)49-23-29-16-17-37-50-29/h6-17,22,24-25,30-32,44H,18-21,23H2,1-5H3,(H,39,47)(H,40,46)(H,41,45)/t30-,31-,32-/m0/s1. The Morgan fingerprint density at radius 2 is 1.60 bits per heavy atom. The van der Waals surface area contributed by atoms with Gasteiger partial charge in [0, 0.05) is 32.1 Å². The molecule has 0 fully saturated rings. The number of amides is 4. The molecule has 268 valence electrons. The van der Waals surface area contributed by atoms with E-state index >= 15 is 0 Å². The van der Waals surface area contributed by atoms with Crippen LogP contribution in [0.5, 0.6) is 0 Å². The number of urea groups is 1. The van der Waals surface area contributed by atoms with Gasteiger partial charge in [0.15, 0.2) is 18.3 Å². The summed E-state index contributed by atoms with van der Waals surface area (Å²) in [4.78, 5) is 45.7. The van der Waals surface area contributed by atoms with E-state index in [1.54, 1.807) is 18.1 Å². The predicted molar refractivity (Wildman–Crippen MR) is 184 cm³/mol. The molecule has 0 saturated carbocycles. The SMILES string of the molecule is CC(C)c1nc(CN(C)C(=O)N[C@H](C(=O)NN(Cc2ccccc2)C[C@H](O)[C@H](Cc2ccccc2)NC(=O)OCc2ccno2)C(C)C)co1. The van der Waals surface area contributed by atoms with Gasteiger partial charge in [-0.3, -0.25) is 10.2 Å². The maximum atomic E-state index is 13.8. The van der Waals surface area contributed by atoms with E-state index in [2.05, 4.69) is 26.2 Å². The van der Waals surface area contributed by atoms with Gasteiger partial charge in [-0.15, -0.1) is 0 Å². The summed E-state index contributed by atoms with van der Waals surface area (Å²) < 4.78 is 15.8. The molecule has 0 bridgehead atoms. The molecule has 3 atom stereocenters. The van der Waals surface area contributed by atoms with Gasteiger partial charge in [-0.2, -0.15) is 0 Å². The molecule has 0 saturated heterocycles. The number of oxazole rings is 1. The number of alkyl carbamates (subject to hydrolysis) is 1. The number of carbonyl (C=O) groups excluding carboxylic acids is 3. The molecule has 2 aromatic carbocycles. The van der Waals surface area contributed by atoms with Gasteiger partial charge in [-0.1, -0.05) is 93.5 Å². The zero-order valence-corrected chi connectivity index (χ0v) is 29.1. The Morgan fingerprint density at radius 3 is 2.20 bits per heavy atom. The molecular formula is C36H47N7O7. The van der Waals surface area contributed by atoms with Gasteiger partial charge in [0.1, 0.15) is 12.3 Å². The maximum absolute atomic E-state index is 13.8. The van der Waals surface area contributed by atoms with Crippen molar-refractivity contribution in [2.75, 3.05) is 13.6 Å². The van der Waals surface area contributed by atoms with Crippen molar-refractivity contribution in [3.05, 3.63) is 108 Å². The van der Waals surface area contributed by atoms with Crippen LogP contribution in [0.1, 0.15) is 62.1 Å². The molecule has 14 heteroatoms. The van der Waals surface area contributed by atoms with E-state index < -0.39 is 36.2 Å². The average Bonchev–Trinajstić information content (AvgIpc) is 3.79. The lowest BCUT2D eigenvalue weighted by molar-refractivity contribution is -0.130. The second-order valence-electron chi connectivity index (χ2n) is 12.8. The molecule has 0 aliphatic carbocycles. The van der Waals surface area contributed by atoms with E-state index in [4.69, 9.17) is 13.7 Å². The summed E-state index contributed by atoms with van der Waals surface area (Å²) in [5.41, 5.74) is 5.26. The highest BCUT2D eigenvalue weighted by atomic mass is 16.6. The van der Waals surface area contributed by atoms with E-state index in [1.165, 1.54) is 17.4 Å². The molecule has 0 unspecified atom stereocenters. The number of ether oxygens (including phenoxy) is 1. The van der Waals surface area contributed by atoms with Crippen molar-refractivity contribution in [1.29, 1.82) is 0 Å². The minimum absolute atomic E-state index is 0.0659. The van der Waals surface area contributed by atoms with Gasteiger partial charge in [0.05, 0.1) is 30.6 Å². The highest BCUT2D eigenvalue weighted by Gasteiger charge is 2.30. The molecule has 4 aromatic rings. The lowest BCUT2D eigenvalue weighted by atomic mass is 10.0. The van der Waals surface area contributed by atoms with Crippen LogP contribution in [0, 0.1) is 5.92 Å². The zero-order valence-electron chi connectivity index (χ0n) is 29.1. The van der Waals surface area contributed by atoms with Crippen LogP contribution >= 0.6 is 0 Å². The Morgan fingerprint density at radius 1 is 0.920 bits per heavy atom. The van der Waals surface area contributed by atoms with E-state index in [-0.39, 0.29) is 44.5 Å². The van der Waals surface area contributed by atoms with Gasteiger partial charge < -0.3 is 34.3 Å². The summed E-state index contributed by atoms with van der Waals surface area (Å²) in [7, 11) is 1.61. The molecular weight excluding hydrogens is 642 g/mol. The normalized spacial score (nSPS) is 13.1. The molecule has 0 aliphatic heterocycles. The van der Waals surface area contributed by atoms with Crippen molar-refractivity contribution in [3.8, 4) is 0 Å². The zero-order chi connectivity index (χ0) is 36.0. The number of aliphatic hydroxyl groups excluding tert-OH is 1. The topological polar surface area (TPSA) is 175 Å². The first kappa shape index (κ1) is 37.6. The molecule has 4 rings (SSSR count). The number of nitrogens with one attached hydrogen (secondary N) is 3. The molecule has 4 amide bonds. The van der Waals surface area contributed by atoms with Crippen LogP contribution < -0.4 is 16.1 Å². The second-order valence-corrected chi connectivity index (χ2v) is 12.8. The number of nitrogens with zero attached hydrogens (tertiary/aromatic N) is 4. The van der Waals surface area contributed by atoms with Crippen molar-refractivity contribution < 1.29 is 33.2 Å². The van der Waals surface area contributed by atoms with Gasteiger partial charge in [-0.05, 0) is 23.5 Å². The van der Waals surface area contributed by atoms with E-state index in [1.807, 2.05) is 88.4 Å². The number of aliphatic hydroxyl groups is 1. The van der Waals surface area contributed by atoms with Crippen LogP contribution in [0.2, 0.25) is 0 Å². The third kappa shape index (κ3) is 11.7. The summed E-state index contributed by atoms with van der Waals surface area (Å²) in [6.07, 6.45) is 1.34. The summed E-state index contributed by atoms with van der Waals surface area (Å²) >= 11 is 0. The first-order valence-corrected chi connectivity index (χ1v) is 16.6. The van der Waals surface area contributed by atoms with E-state index in [0.29, 0.717) is 17.3 Å². The smallest absolute Gasteiger partial charge is 0.407 e. The van der Waals surface area contributed by atoms with E-state index in [0.717, 1.165) is 11.1 Å². The van der Waals surface area contributed by atoms with Crippen LogP contribution in [0.15, 0.2) is 88.1 Å². The van der Waals surface area contributed by atoms with Crippen molar-refractivity contribution in [1.82, 2.24) is 36.1 Å². The third-order valence-electron chi connectivity index (χ3n) is 7.83. The first-order valence-electron chi connectivity index (χ1n) is 16.6. The highest BCUT2D eigenvalue weighted by Crippen LogP contribution is 2.15. The highest BCUT2D eigenvalue weighted by molar-refractivity contribution is 5.87. The largest absolute Gasteiger partial charge is 0.448 e. The Kier molecular flexibility index (Phi) is 13.9. The molecule has 0 aliphatic rings. The first-order chi connectivity index (χ1) is 24.0. The number of aromatic nitrogens is 2. The molecule has 2 heterocycles. The van der Waals surface area contributed by atoms with Crippen molar-refractivity contribution in [2.45, 2.75) is 77.9 Å². The Balaban J connectivity index is 1.46. The fourth-order valence-corrected chi connectivity index (χ4v) is 5.08. The van der Waals surface area contributed by atoms with Gasteiger partial charge in [0.25, 0.3) is 5.91 Å². The fourth-order valence-electron chi connectivity index (χ4n) is 5.08. The molecule has 4 N–H and O–H groups in total. The maximum Gasteiger partial charge on any atom is 0.407 e. The number of rotatable bonds is 17. The number of hydrazine groups is 1. The second kappa shape index (κ2) is 18.5. The third-order valence-corrected chi connectivity index (χ3v) is 7.83. The number of carbonyl (C=O) groups is 3. The number of hydrogen-bond donors (Lipinski definition) is 4. The minimum Gasteiger partial charge on any atom is -0.448 e. The Bertz CT molecular complexity index is 1610. The van der Waals surface area contributed by atoms with E-state index in [9.17, 15) is 19.5 Å². The molecule has 50 heavy (non-hydrogen) atoms. The van der Waals surface area contributed by atoms with Gasteiger partial charge in [0.2, 0.25) is 0 Å². The fraction of sp³-hybridized carbons (Fsp3) is 0.417. The quantitative estimate of drug-likeness (QED) is 0.116. The summed E-state index contributed by atoms with van der Waals surface area (Å²) in [5.74, 6) is 0.319. The monoisotopic (exact) mass is 689 g/mol. The summed E-state index contributed by atoms with van der Waals surface area (Å²) in [5, 5.41) is 22.4.